The van der Waals surface area contributed by atoms with E-state index >= 15 is 0 Å². The summed E-state index contributed by atoms with van der Waals surface area (Å²) in [5.41, 5.74) is 0.481. The highest BCUT2D eigenvalue weighted by molar-refractivity contribution is 9.10. The first-order valence-corrected chi connectivity index (χ1v) is 6.90. The molecule has 0 aromatic heterocycles. The maximum absolute atomic E-state index is 11.9. The van der Waals surface area contributed by atoms with Crippen LogP contribution in [0.3, 0.4) is 0 Å². The predicted molar refractivity (Wildman–Crippen MR) is 76.7 cm³/mol. The molecule has 7 nitrogen and oxygen atoms in total. The van der Waals surface area contributed by atoms with E-state index in [4.69, 9.17) is 4.74 Å². The van der Waals surface area contributed by atoms with Gasteiger partial charge in [0, 0.05) is 35.6 Å². The SMILES string of the molecule is O=C(CC1COCCN1)Nc1ccc([N+](=O)[O-])cc1Br. The van der Waals surface area contributed by atoms with Gasteiger partial charge in [-0.05, 0) is 22.0 Å². The molecule has 1 amide bonds. The van der Waals surface area contributed by atoms with Crippen LogP contribution in [-0.4, -0.2) is 36.6 Å². The van der Waals surface area contributed by atoms with Crippen molar-refractivity contribution in [1.29, 1.82) is 0 Å². The van der Waals surface area contributed by atoms with Gasteiger partial charge in [-0.3, -0.25) is 14.9 Å². The van der Waals surface area contributed by atoms with Gasteiger partial charge in [0.05, 0.1) is 23.8 Å². The number of nitro groups is 1. The molecule has 0 saturated carbocycles. The van der Waals surface area contributed by atoms with Crippen molar-refractivity contribution in [3.05, 3.63) is 32.8 Å². The molecule has 0 spiro atoms. The van der Waals surface area contributed by atoms with Crippen molar-refractivity contribution in [1.82, 2.24) is 5.32 Å². The van der Waals surface area contributed by atoms with Crippen LogP contribution in [0, 0.1) is 10.1 Å². The summed E-state index contributed by atoms with van der Waals surface area (Å²) in [4.78, 5) is 22.0. The Morgan fingerprint density at radius 3 is 3.00 bits per heavy atom. The Hall–Kier alpha value is -1.51. The van der Waals surface area contributed by atoms with Crippen LogP contribution in [0.5, 0.6) is 0 Å². The number of ether oxygens (including phenoxy) is 1. The topological polar surface area (TPSA) is 93.5 Å². The summed E-state index contributed by atoms with van der Waals surface area (Å²) in [6.07, 6.45) is 0.295. The molecule has 1 saturated heterocycles. The van der Waals surface area contributed by atoms with Gasteiger partial charge in [-0.25, -0.2) is 0 Å². The molecule has 2 N–H and O–H groups in total. The Labute approximate surface area is 124 Å². The first-order chi connectivity index (χ1) is 9.56. The third-order valence-corrected chi connectivity index (χ3v) is 3.52. The summed E-state index contributed by atoms with van der Waals surface area (Å²) >= 11 is 3.21. The second-order valence-corrected chi connectivity index (χ2v) is 5.25. The molecule has 1 atom stereocenters. The zero-order valence-electron chi connectivity index (χ0n) is 10.6. The molecule has 1 fully saturated rings. The van der Waals surface area contributed by atoms with Crippen LogP contribution in [-0.2, 0) is 9.53 Å². The molecular formula is C12H14BrN3O4. The first-order valence-electron chi connectivity index (χ1n) is 6.11. The average molecular weight is 344 g/mol. The molecule has 20 heavy (non-hydrogen) atoms. The standard InChI is InChI=1S/C12H14BrN3O4/c13-10-6-9(16(18)19)1-2-11(10)15-12(17)5-8-7-20-4-3-14-8/h1-2,6,8,14H,3-5,7H2,(H,15,17). The average Bonchev–Trinajstić information content (AvgIpc) is 2.42. The van der Waals surface area contributed by atoms with Crippen LogP contribution in [0.4, 0.5) is 11.4 Å². The number of benzene rings is 1. The van der Waals surface area contributed by atoms with Gasteiger partial charge in [0.1, 0.15) is 0 Å². The number of hydrogen-bond donors (Lipinski definition) is 2. The molecular weight excluding hydrogens is 330 g/mol. The van der Waals surface area contributed by atoms with Crippen molar-refractivity contribution >= 4 is 33.2 Å². The van der Waals surface area contributed by atoms with E-state index in [1.807, 2.05) is 0 Å². The number of amides is 1. The lowest BCUT2D eigenvalue weighted by Crippen LogP contribution is -2.43. The summed E-state index contributed by atoms with van der Waals surface area (Å²) in [7, 11) is 0. The highest BCUT2D eigenvalue weighted by Gasteiger charge is 2.18. The van der Waals surface area contributed by atoms with Gasteiger partial charge in [-0.1, -0.05) is 0 Å². The van der Waals surface area contributed by atoms with Crippen molar-refractivity contribution in [2.45, 2.75) is 12.5 Å². The van der Waals surface area contributed by atoms with Crippen LogP contribution >= 0.6 is 15.9 Å². The van der Waals surface area contributed by atoms with Gasteiger partial charge in [-0.15, -0.1) is 0 Å². The quantitative estimate of drug-likeness (QED) is 0.640. The summed E-state index contributed by atoms with van der Waals surface area (Å²) in [6.45, 7) is 1.90. The number of halogens is 1. The van der Waals surface area contributed by atoms with Gasteiger partial charge < -0.3 is 15.4 Å². The van der Waals surface area contributed by atoms with Gasteiger partial charge in [0.25, 0.3) is 5.69 Å². The van der Waals surface area contributed by atoms with Crippen LogP contribution in [0.2, 0.25) is 0 Å². The fourth-order valence-corrected chi connectivity index (χ4v) is 2.36. The summed E-state index contributed by atoms with van der Waals surface area (Å²) in [5, 5.41) is 16.5. The van der Waals surface area contributed by atoms with Crippen LogP contribution in [0.15, 0.2) is 22.7 Å². The lowest BCUT2D eigenvalue weighted by atomic mass is 10.2. The number of nitrogens with zero attached hydrogens (tertiary/aromatic N) is 1. The second kappa shape index (κ2) is 6.78. The molecule has 1 aromatic rings. The van der Waals surface area contributed by atoms with E-state index in [2.05, 4.69) is 26.6 Å². The minimum atomic E-state index is -0.486. The predicted octanol–water partition coefficient (Wildman–Crippen LogP) is 1.67. The highest BCUT2D eigenvalue weighted by Crippen LogP contribution is 2.27. The number of hydrogen-bond acceptors (Lipinski definition) is 5. The highest BCUT2D eigenvalue weighted by atomic mass is 79.9. The molecule has 8 heteroatoms. The van der Waals surface area contributed by atoms with Crippen molar-refractivity contribution in [3.63, 3.8) is 0 Å². The van der Waals surface area contributed by atoms with Crippen molar-refractivity contribution in [2.24, 2.45) is 0 Å². The van der Waals surface area contributed by atoms with Gasteiger partial charge in [0.2, 0.25) is 5.91 Å². The Morgan fingerprint density at radius 2 is 2.40 bits per heavy atom. The monoisotopic (exact) mass is 343 g/mol. The number of rotatable bonds is 4. The number of non-ortho nitro benzene ring substituents is 1. The Bertz CT molecular complexity index is 517. The van der Waals surface area contributed by atoms with Crippen LogP contribution in [0.25, 0.3) is 0 Å². The zero-order valence-corrected chi connectivity index (χ0v) is 12.2. The molecule has 1 aromatic carbocycles. The molecule has 0 radical (unpaired) electrons. The Kier molecular flexibility index (Phi) is 5.05. The number of anilines is 1. The van der Waals surface area contributed by atoms with Gasteiger partial charge >= 0.3 is 0 Å². The van der Waals surface area contributed by atoms with Crippen LogP contribution in [0.1, 0.15) is 6.42 Å². The minimum Gasteiger partial charge on any atom is -0.378 e. The Morgan fingerprint density at radius 1 is 1.60 bits per heavy atom. The van der Waals surface area contributed by atoms with E-state index in [0.717, 1.165) is 6.54 Å². The maximum Gasteiger partial charge on any atom is 0.270 e. The third-order valence-electron chi connectivity index (χ3n) is 2.87. The van der Waals surface area contributed by atoms with Crippen molar-refractivity contribution in [3.8, 4) is 0 Å². The molecule has 1 aliphatic heterocycles. The maximum atomic E-state index is 11.9. The van der Waals surface area contributed by atoms with E-state index in [1.165, 1.54) is 18.2 Å². The number of nitro benzene ring substituents is 1. The van der Waals surface area contributed by atoms with Gasteiger partial charge in [0.15, 0.2) is 0 Å². The van der Waals surface area contributed by atoms with Crippen molar-refractivity contribution in [2.75, 3.05) is 25.1 Å². The molecule has 108 valence electrons. The normalized spacial score (nSPS) is 18.6. The van der Waals surface area contributed by atoms with Gasteiger partial charge in [-0.2, -0.15) is 0 Å². The largest absolute Gasteiger partial charge is 0.378 e. The number of carbonyl (C=O) groups is 1. The lowest BCUT2D eigenvalue weighted by molar-refractivity contribution is -0.384. The fourth-order valence-electron chi connectivity index (χ4n) is 1.89. The smallest absolute Gasteiger partial charge is 0.270 e. The first kappa shape index (κ1) is 14.9. The van der Waals surface area contributed by atoms with E-state index in [1.54, 1.807) is 0 Å². The van der Waals surface area contributed by atoms with Crippen molar-refractivity contribution < 1.29 is 14.5 Å². The minimum absolute atomic E-state index is 0.000531. The van der Waals surface area contributed by atoms with E-state index in [0.29, 0.717) is 29.8 Å². The summed E-state index contributed by atoms with van der Waals surface area (Å²) in [6, 6.07) is 4.21. The molecule has 0 bridgehead atoms. The van der Waals surface area contributed by atoms with Crippen LogP contribution < -0.4 is 10.6 Å². The lowest BCUT2D eigenvalue weighted by Gasteiger charge is -2.23. The number of nitrogens with one attached hydrogen (secondary N) is 2. The molecule has 1 aliphatic rings. The molecule has 0 aliphatic carbocycles. The summed E-state index contributed by atoms with van der Waals surface area (Å²) in [5.74, 6) is -0.164. The number of morpholine rings is 1. The Balaban J connectivity index is 1.95. The second-order valence-electron chi connectivity index (χ2n) is 4.40. The van der Waals surface area contributed by atoms with E-state index in [-0.39, 0.29) is 17.6 Å². The van der Waals surface area contributed by atoms with E-state index < -0.39 is 4.92 Å². The fraction of sp³-hybridized carbons (Fsp3) is 0.417. The molecule has 2 rings (SSSR count). The zero-order chi connectivity index (χ0) is 14.5. The summed E-state index contributed by atoms with van der Waals surface area (Å²) < 4.78 is 5.75. The molecule has 1 unspecified atom stereocenters. The number of carbonyl (C=O) groups excluding carboxylic acids is 1. The third kappa shape index (κ3) is 3.99. The van der Waals surface area contributed by atoms with E-state index in [9.17, 15) is 14.9 Å². The molecule has 1 heterocycles.